The third-order valence-corrected chi connectivity index (χ3v) is 5.74. The Labute approximate surface area is 180 Å². The molecule has 0 radical (unpaired) electrons. The normalized spacial score (nSPS) is 11.9. The molecular formula is C24H24N4OS. The zero-order valence-electron chi connectivity index (χ0n) is 17.0. The number of carbonyl (C=O) groups is 1. The average molecular weight is 417 g/mol. The fourth-order valence-corrected chi connectivity index (χ4v) is 4.16. The van der Waals surface area contributed by atoms with Crippen molar-refractivity contribution in [2.45, 2.75) is 19.9 Å². The summed E-state index contributed by atoms with van der Waals surface area (Å²) in [7, 11) is 0. The van der Waals surface area contributed by atoms with Crippen molar-refractivity contribution in [2.75, 3.05) is 11.9 Å². The molecule has 2 heterocycles. The number of nitrogens with one attached hydrogen (secondary N) is 2. The molecule has 0 aliphatic heterocycles. The molecule has 0 bridgehead atoms. The second-order valence-electron chi connectivity index (χ2n) is 7.21. The number of amides is 1. The summed E-state index contributed by atoms with van der Waals surface area (Å²) >= 11 is 1.68. The maximum absolute atomic E-state index is 12.8. The van der Waals surface area contributed by atoms with Crippen LogP contribution in [0.4, 0.5) is 5.82 Å². The standard InChI is InChI=1S/C24H24N4OS/c1-17-10-12-20(13-11-17)28-22(15-18(2)27-28)26-23(29)16-25-24(21-9-6-14-30-21)19-7-4-3-5-8-19/h3-15,24-25H,16H2,1-2H3,(H,26,29). The largest absolute Gasteiger partial charge is 0.309 e. The van der Waals surface area contributed by atoms with Crippen LogP contribution in [0.5, 0.6) is 0 Å². The molecule has 1 unspecified atom stereocenters. The van der Waals surface area contributed by atoms with Gasteiger partial charge in [-0.1, -0.05) is 54.1 Å². The molecule has 0 saturated heterocycles. The molecule has 1 amide bonds. The summed E-state index contributed by atoms with van der Waals surface area (Å²) in [5.74, 6) is 0.552. The van der Waals surface area contributed by atoms with E-state index < -0.39 is 0 Å². The molecule has 30 heavy (non-hydrogen) atoms. The molecule has 2 aromatic heterocycles. The lowest BCUT2D eigenvalue weighted by Gasteiger charge is -2.18. The van der Waals surface area contributed by atoms with E-state index in [9.17, 15) is 4.79 Å². The number of rotatable bonds is 7. The van der Waals surface area contributed by atoms with Crippen molar-refractivity contribution < 1.29 is 4.79 Å². The lowest BCUT2D eigenvalue weighted by Crippen LogP contribution is -2.32. The first kappa shape index (κ1) is 20.1. The van der Waals surface area contributed by atoms with E-state index in [0.717, 1.165) is 16.9 Å². The van der Waals surface area contributed by atoms with Gasteiger partial charge in [-0.15, -0.1) is 11.3 Å². The van der Waals surface area contributed by atoms with Crippen LogP contribution in [0.15, 0.2) is 78.2 Å². The van der Waals surface area contributed by atoms with Crippen molar-refractivity contribution in [3.63, 3.8) is 0 Å². The molecule has 5 nitrogen and oxygen atoms in total. The number of thiophene rings is 1. The average Bonchev–Trinajstić information content (AvgIpc) is 3.40. The van der Waals surface area contributed by atoms with Gasteiger partial charge in [0.15, 0.2) is 0 Å². The number of aromatic nitrogens is 2. The Morgan fingerprint density at radius 1 is 1.03 bits per heavy atom. The Bertz CT molecular complexity index is 1100. The minimum absolute atomic E-state index is 0.0271. The van der Waals surface area contributed by atoms with Crippen LogP contribution in [-0.2, 0) is 4.79 Å². The molecule has 1 atom stereocenters. The van der Waals surface area contributed by atoms with Gasteiger partial charge >= 0.3 is 0 Å². The van der Waals surface area contributed by atoms with Crippen LogP contribution in [0.25, 0.3) is 5.69 Å². The first-order valence-corrected chi connectivity index (χ1v) is 10.7. The van der Waals surface area contributed by atoms with E-state index in [1.54, 1.807) is 16.0 Å². The van der Waals surface area contributed by atoms with Gasteiger partial charge in [-0.05, 0) is 43.0 Å². The molecule has 0 aliphatic carbocycles. The molecule has 4 aromatic rings. The molecule has 152 valence electrons. The monoisotopic (exact) mass is 416 g/mol. The quantitative estimate of drug-likeness (QED) is 0.452. The van der Waals surface area contributed by atoms with Gasteiger partial charge in [0, 0.05) is 10.9 Å². The van der Waals surface area contributed by atoms with Crippen molar-refractivity contribution in [1.29, 1.82) is 0 Å². The summed E-state index contributed by atoms with van der Waals surface area (Å²) < 4.78 is 1.76. The molecular weight excluding hydrogens is 392 g/mol. The molecule has 6 heteroatoms. The van der Waals surface area contributed by atoms with E-state index in [1.807, 2.05) is 68.4 Å². The van der Waals surface area contributed by atoms with Crippen LogP contribution in [-0.4, -0.2) is 22.2 Å². The molecule has 0 aliphatic rings. The van der Waals surface area contributed by atoms with Crippen molar-refractivity contribution in [2.24, 2.45) is 0 Å². The number of nitrogens with zero attached hydrogens (tertiary/aromatic N) is 2. The predicted molar refractivity (Wildman–Crippen MR) is 122 cm³/mol. The van der Waals surface area contributed by atoms with Crippen LogP contribution in [0, 0.1) is 13.8 Å². The molecule has 0 spiro atoms. The van der Waals surface area contributed by atoms with Gasteiger partial charge in [0.05, 0.1) is 24.0 Å². The predicted octanol–water partition coefficient (Wildman–Crippen LogP) is 4.87. The van der Waals surface area contributed by atoms with E-state index in [0.29, 0.717) is 5.82 Å². The third-order valence-electron chi connectivity index (χ3n) is 4.80. The zero-order chi connectivity index (χ0) is 20.9. The van der Waals surface area contributed by atoms with Gasteiger partial charge in [-0.3, -0.25) is 10.1 Å². The first-order chi connectivity index (χ1) is 14.6. The summed E-state index contributed by atoms with van der Waals surface area (Å²) in [6.07, 6.45) is 0. The van der Waals surface area contributed by atoms with Crippen LogP contribution in [0.2, 0.25) is 0 Å². The van der Waals surface area contributed by atoms with E-state index in [2.05, 4.69) is 39.3 Å². The van der Waals surface area contributed by atoms with Gasteiger partial charge in [-0.25, -0.2) is 4.68 Å². The van der Waals surface area contributed by atoms with E-state index >= 15 is 0 Å². The summed E-state index contributed by atoms with van der Waals surface area (Å²) in [5, 5.41) is 13.0. The Balaban J connectivity index is 1.48. The highest BCUT2D eigenvalue weighted by molar-refractivity contribution is 7.10. The summed E-state index contributed by atoms with van der Waals surface area (Å²) in [4.78, 5) is 13.9. The summed E-state index contributed by atoms with van der Waals surface area (Å²) in [6, 6.07) is 24.2. The lowest BCUT2D eigenvalue weighted by atomic mass is 10.1. The number of hydrogen-bond donors (Lipinski definition) is 2. The van der Waals surface area contributed by atoms with Crippen molar-refractivity contribution in [3.8, 4) is 5.69 Å². The number of benzene rings is 2. The second kappa shape index (κ2) is 9.07. The van der Waals surface area contributed by atoms with E-state index in [4.69, 9.17) is 0 Å². The van der Waals surface area contributed by atoms with Gasteiger partial charge in [0.25, 0.3) is 0 Å². The molecule has 4 rings (SSSR count). The summed E-state index contributed by atoms with van der Waals surface area (Å²) in [6.45, 7) is 4.15. The highest BCUT2D eigenvalue weighted by Gasteiger charge is 2.17. The Kier molecular flexibility index (Phi) is 6.07. The smallest absolute Gasteiger partial charge is 0.239 e. The van der Waals surface area contributed by atoms with Crippen LogP contribution in [0.3, 0.4) is 0 Å². The van der Waals surface area contributed by atoms with Gasteiger partial charge in [0.1, 0.15) is 5.82 Å². The van der Waals surface area contributed by atoms with Gasteiger partial charge in [0.2, 0.25) is 5.91 Å². The zero-order valence-corrected chi connectivity index (χ0v) is 17.8. The minimum atomic E-state index is -0.110. The molecule has 2 aromatic carbocycles. The highest BCUT2D eigenvalue weighted by atomic mass is 32.1. The molecule has 0 saturated carbocycles. The van der Waals surface area contributed by atoms with E-state index in [1.165, 1.54) is 10.4 Å². The van der Waals surface area contributed by atoms with Crippen LogP contribution in [0.1, 0.15) is 27.7 Å². The van der Waals surface area contributed by atoms with Crippen LogP contribution >= 0.6 is 11.3 Å². The minimum Gasteiger partial charge on any atom is -0.309 e. The summed E-state index contributed by atoms with van der Waals surface area (Å²) in [5.41, 5.74) is 4.07. The SMILES string of the molecule is Cc1ccc(-n2nc(C)cc2NC(=O)CNC(c2ccccc2)c2cccs2)cc1. The maximum Gasteiger partial charge on any atom is 0.239 e. The fourth-order valence-electron chi connectivity index (χ4n) is 3.34. The number of aryl methyl sites for hydroxylation is 2. The second-order valence-corrected chi connectivity index (χ2v) is 8.19. The van der Waals surface area contributed by atoms with Crippen molar-refractivity contribution >= 4 is 23.1 Å². The lowest BCUT2D eigenvalue weighted by molar-refractivity contribution is -0.115. The Hall–Kier alpha value is -3.22. The van der Waals surface area contributed by atoms with E-state index in [-0.39, 0.29) is 18.5 Å². The van der Waals surface area contributed by atoms with Crippen molar-refractivity contribution in [3.05, 3.63) is 99.9 Å². The number of carbonyl (C=O) groups excluding carboxylic acids is 1. The number of hydrogen-bond acceptors (Lipinski definition) is 4. The third kappa shape index (κ3) is 4.67. The topological polar surface area (TPSA) is 59.0 Å². The van der Waals surface area contributed by atoms with Gasteiger partial charge in [-0.2, -0.15) is 5.10 Å². The van der Waals surface area contributed by atoms with Gasteiger partial charge < -0.3 is 5.32 Å². The maximum atomic E-state index is 12.8. The Morgan fingerprint density at radius 2 is 1.80 bits per heavy atom. The first-order valence-electron chi connectivity index (χ1n) is 9.85. The molecule has 2 N–H and O–H groups in total. The highest BCUT2D eigenvalue weighted by Crippen LogP contribution is 2.25. The van der Waals surface area contributed by atoms with Crippen LogP contribution < -0.4 is 10.6 Å². The Morgan fingerprint density at radius 3 is 2.50 bits per heavy atom. The number of anilines is 1. The molecule has 0 fully saturated rings. The fraction of sp³-hybridized carbons (Fsp3) is 0.167. The van der Waals surface area contributed by atoms with Crippen molar-refractivity contribution in [1.82, 2.24) is 15.1 Å².